The molecule has 2 aromatic carbocycles. The van der Waals surface area contributed by atoms with E-state index < -0.39 is 0 Å². The Bertz CT molecular complexity index is 828. The highest BCUT2D eigenvalue weighted by atomic mass is 35.5. The van der Waals surface area contributed by atoms with Gasteiger partial charge in [-0.15, -0.1) is 0 Å². The minimum absolute atomic E-state index is 0.0687. The summed E-state index contributed by atoms with van der Waals surface area (Å²) in [6, 6.07) is 10.5. The Kier molecular flexibility index (Phi) is 6.34. The monoisotopic (exact) mass is 409 g/mol. The van der Waals surface area contributed by atoms with Crippen LogP contribution >= 0.6 is 23.2 Å². The topological polar surface area (TPSA) is 48.0 Å². The van der Waals surface area contributed by atoms with Crippen LogP contribution in [0, 0.1) is 0 Å². The molecular formula is C20H21Cl2NO4. The number of methoxy groups -OCH3 is 2. The standard InChI is InChI=1S/C20H21Cl2NO4/c1-25-13-6-8-19(26-2)15(10-13)18-4-3-9-23(18)20(24)12-27-14-5-7-16(21)17(22)11-14/h5-8,10-11,18H,3-4,9,12H2,1-2H3/t18-/m0/s1. The van der Waals surface area contributed by atoms with Crippen LogP contribution in [0.5, 0.6) is 17.2 Å². The maximum Gasteiger partial charge on any atom is 0.261 e. The van der Waals surface area contributed by atoms with Crippen molar-refractivity contribution in [3.05, 3.63) is 52.0 Å². The van der Waals surface area contributed by atoms with Crippen LogP contribution in [0.2, 0.25) is 10.0 Å². The molecule has 2 aromatic rings. The van der Waals surface area contributed by atoms with Crippen LogP contribution in [0.4, 0.5) is 0 Å². The lowest BCUT2D eigenvalue weighted by Gasteiger charge is -2.26. The lowest BCUT2D eigenvalue weighted by Crippen LogP contribution is -2.34. The lowest BCUT2D eigenvalue weighted by molar-refractivity contribution is -0.134. The van der Waals surface area contributed by atoms with E-state index in [1.165, 1.54) is 0 Å². The van der Waals surface area contributed by atoms with Gasteiger partial charge in [0.15, 0.2) is 6.61 Å². The molecule has 0 radical (unpaired) electrons. The molecule has 27 heavy (non-hydrogen) atoms. The third-order valence-electron chi connectivity index (χ3n) is 4.62. The number of rotatable bonds is 6. The maximum atomic E-state index is 12.8. The minimum atomic E-state index is -0.0894. The molecule has 3 rings (SSSR count). The number of hydrogen-bond acceptors (Lipinski definition) is 4. The molecule has 0 N–H and O–H groups in total. The molecule has 7 heteroatoms. The minimum Gasteiger partial charge on any atom is -0.497 e. The molecule has 5 nitrogen and oxygen atoms in total. The van der Waals surface area contributed by atoms with Crippen LogP contribution < -0.4 is 14.2 Å². The highest BCUT2D eigenvalue weighted by molar-refractivity contribution is 6.42. The molecule has 1 aliphatic rings. The zero-order valence-corrected chi connectivity index (χ0v) is 16.7. The van der Waals surface area contributed by atoms with Crippen molar-refractivity contribution in [1.29, 1.82) is 0 Å². The third kappa shape index (κ3) is 4.42. The van der Waals surface area contributed by atoms with Crippen molar-refractivity contribution in [1.82, 2.24) is 4.90 Å². The van der Waals surface area contributed by atoms with Crippen molar-refractivity contribution in [2.45, 2.75) is 18.9 Å². The second kappa shape index (κ2) is 8.72. The van der Waals surface area contributed by atoms with E-state index in [0.29, 0.717) is 22.3 Å². The number of carbonyl (C=O) groups is 1. The van der Waals surface area contributed by atoms with Crippen molar-refractivity contribution in [2.75, 3.05) is 27.4 Å². The Morgan fingerprint density at radius 3 is 2.56 bits per heavy atom. The molecule has 144 valence electrons. The SMILES string of the molecule is COc1ccc(OC)c([C@@H]2CCCN2C(=O)COc2ccc(Cl)c(Cl)c2)c1. The predicted octanol–water partition coefficient (Wildman–Crippen LogP) is 4.75. The molecule has 0 aliphatic carbocycles. The first kappa shape index (κ1) is 19.6. The van der Waals surface area contributed by atoms with E-state index in [2.05, 4.69) is 0 Å². The maximum absolute atomic E-state index is 12.8. The smallest absolute Gasteiger partial charge is 0.261 e. The van der Waals surface area contributed by atoms with Gasteiger partial charge in [-0.25, -0.2) is 0 Å². The van der Waals surface area contributed by atoms with E-state index in [4.69, 9.17) is 37.4 Å². The Labute approximate surface area is 168 Å². The van der Waals surface area contributed by atoms with E-state index in [-0.39, 0.29) is 18.6 Å². The Balaban J connectivity index is 1.74. The van der Waals surface area contributed by atoms with E-state index in [9.17, 15) is 4.79 Å². The summed E-state index contributed by atoms with van der Waals surface area (Å²) in [5.74, 6) is 1.89. The summed E-state index contributed by atoms with van der Waals surface area (Å²) in [4.78, 5) is 14.6. The molecular weight excluding hydrogens is 389 g/mol. The van der Waals surface area contributed by atoms with Gasteiger partial charge in [-0.2, -0.15) is 0 Å². The first-order chi connectivity index (χ1) is 13.0. The van der Waals surface area contributed by atoms with Gasteiger partial charge < -0.3 is 19.1 Å². The molecule has 0 aromatic heterocycles. The number of halogens is 2. The molecule has 0 bridgehead atoms. The van der Waals surface area contributed by atoms with E-state index in [1.54, 1.807) is 32.4 Å². The molecule has 1 saturated heterocycles. The van der Waals surface area contributed by atoms with Crippen LogP contribution in [-0.4, -0.2) is 38.2 Å². The summed E-state index contributed by atoms with van der Waals surface area (Å²) >= 11 is 11.9. The average Bonchev–Trinajstić information content (AvgIpc) is 3.17. The Morgan fingerprint density at radius 2 is 1.85 bits per heavy atom. The van der Waals surface area contributed by atoms with Gasteiger partial charge in [0.25, 0.3) is 5.91 Å². The van der Waals surface area contributed by atoms with Gasteiger partial charge in [-0.1, -0.05) is 23.2 Å². The van der Waals surface area contributed by atoms with Crippen LogP contribution in [-0.2, 0) is 4.79 Å². The summed E-state index contributed by atoms with van der Waals surface area (Å²) in [6.45, 7) is 0.606. The fourth-order valence-corrected chi connectivity index (χ4v) is 3.57. The Morgan fingerprint density at radius 1 is 1.07 bits per heavy atom. The Hall–Kier alpha value is -2.11. The molecule has 1 heterocycles. The number of amides is 1. The lowest BCUT2D eigenvalue weighted by atomic mass is 10.0. The second-order valence-corrected chi connectivity index (χ2v) is 7.03. The van der Waals surface area contributed by atoms with Crippen molar-refractivity contribution >= 4 is 29.1 Å². The summed E-state index contributed by atoms with van der Waals surface area (Å²) in [7, 11) is 3.24. The van der Waals surface area contributed by atoms with Crippen LogP contribution in [0.25, 0.3) is 0 Å². The molecule has 1 fully saturated rings. The summed E-state index contributed by atoms with van der Waals surface area (Å²) in [5, 5.41) is 0.835. The largest absolute Gasteiger partial charge is 0.497 e. The van der Waals surface area contributed by atoms with E-state index in [0.717, 1.165) is 29.9 Å². The molecule has 0 unspecified atom stereocenters. The van der Waals surface area contributed by atoms with Crippen molar-refractivity contribution in [2.24, 2.45) is 0 Å². The number of carbonyl (C=O) groups excluding carboxylic acids is 1. The van der Waals surface area contributed by atoms with E-state index in [1.807, 2.05) is 23.1 Å². The quantitative estimate of drug-likeness (QED) is 0.690. The first-order valence-corrected chi connectivity index (χ1v) is 9.38. The zero-order valence-electron chi connectivity index (χ0n) is 15.2. The fraction of sp³-hybridized carbons (Fsp3) is 0.350. The number of nitrogens with zero attached hydrogens (tertiary/aromatic N) is 1. The number of hydrogen-bond donors (Lipinski definition) is 0. The molecule has 1 amide bonds. The van der Waals surface area contributed by atoms with Gasteiger partial charge in [0.2, 0.25) is 0 Å². The second-order valence-electron chi connectivity index (χ2n) is 6.22. The predicted molar refractivity (Wildman–Crippen MR) is 105 cm³/mol. The van der Waals surface area contributed by atoms with Crippen molar-refractivity contribution in [3.8, 4) is 17.2 Å². The average molecular weight is 410 g/mol. The zero-order chi connectivity index (χ0) is 19.4. The molecule has 0 spiro atoms. The van der Waals surface area contributed by atoms with Crippen molar-refractivity contribution < 1.29 is 19.0 Å². The molecule has 0 saturated carbocycles. The molecule has 1 aliphatic heterocycles. The van der Waals surface area contributed by atoms with Gasteiger partial charge in [-0.05, 0) is 43.2 Å². The third-order valence-corrected chi connectivity index (χ3v) is 5.36. The van der Waals surface area contributed by atoms with Gasteiger partial charge in [0.1, 0.15) is 17.2 Å². The van der Waals surface area contributed by atoms with E-state index >= 15 is 0 Å². The van der Waals surface area contributed by atoms with Crippen LogP contribution in [0.1, 0.15) is 24.4 Å². The summed E-state index contributed by atoms with van der Waals surface area (Å²) in [6.07, 6.45) is 1.78. The first-order valence-electron chi connectivity index (χ1n) is 8.62. The summed E-state index contributed by atoms with van der Waals surface area (Å²) < 4.78 is 16.4. The van der Waals surface area contributed by atoms with Gasteiger partial charge >= 0.3 is 0 Å². The van der Waals surface area contributed by atoms with Gasteiger partial charge in [-0.3, -0.25) is 4.79 Å². The number of benzene rings is 2. The van der Waals surface area contributed by atoms with Crippen molar-refractivity contribution in [3.63, 3.8) is 0 Å². The van der Waals surface area contributed by atoms with Gasteiger partial charge in [0.05, 0.1) is 30.3 Å². The number of ether oxygens (including phenoxy) is 3. The van der Waals surface area contributed by atoms with Crippen LogP contribution in [0.15, 0.2) is 36.4 Å². The van der Waals surface area contributed by atoms with Gasteiger partial charge in [0, 0.05) is 18.2 Å². The normalized spacial score (nSPS) is 16.3. The summed E-state index contributed by atoms with van der Waals surface area (Å²) in [5.41, 5.74) is 0.942. The van der Waals surface area contributed by atoms with Crippen LogP contribution in [0.3, 0.4) is 0 Å². The fourth-order valence-electron chi connectivity index (χ4n) is 3.28. The molecule has 1 atom stereocenters. The number of likely N-dealkylation sites (tertiary alicyclic amines) is 1. The highest BCUT2D eigenvalue weighted by Gasteiger charge is 2.32. The highest BCUT2D eigenvalue weighted by Crippen LogP contribution is 2.39.